The van der Waals surface area contributed by atoms with E-state index in [1.807, 2.05) is 13.8 Å². The highest BCUT2D eigenvalue weighted by molar-refractivity contribution is 5.85. The average molecular weight is 230 g/mol. The van der Waals surface area contributed by atoms with E-state index in [1.165, 1.54) is 12.8 Å². The number of nitrogens with zero attached hydrogens (tertiary/aromatic N) is 1. The van der Waals surface area contributed by atoms with Gasteiger partial charge in [0.1, 0.15) is 5.84 Å². The molecule has 0 aromatic heterocycles. The van der Waals surface area contributed by atoms with Crippen LogP contribution in [0.4, 0.5) is 0 Å². The van der Waals surface area contributed by atoms with Crippen molar-refractivity contribution in [2.45, 2.75) is 52.9 Å². The Labute approximate surface area is 98.9 Å². The Kier molecular flexibility index (Phi) is 7.99. The molecule has 0 aliphatic rings. The van der Waals surface area contributed by atoms with Gasteiger partial charge in [0.15, 0.2) is 0 Å². The van der Waals surface area contributed by atoms with E-state index < -0.39 is 0 Å². The van der Waals surface area contributed by atoms with E-state index in [1.54, 1.807) is 0 Å². The summed E-state index contributed by atoms with van der Waals surface area (Å²) in [5.41, 5.74) is 5.34. The molecule has 16 heavy (non-hydrogen) atoms. The maximum atomic E-state index is 8.60. The van der Waals surface area contributed by atoms with Crippen molar-refractivity contribution in [3.63, 3.8) is 0 Å². The van der Waals surface area contributed by atoms with Crippen molar-refractivity contribution in [3.8, 4) is 0 Å². The Hall–Kier alpha value is -0.770. The van der Waals surface area contributed by atoms with Crippen LogP contribution in [-0.2, 0) is 4.74 Å². The maximum absolute atomic E-state index is 8.60. The summed E-state index contributed by atoms with van der Waals surface area (Å²) >= 11 is 0. The zero-order valence-corrected chi connectivity index (χ0v) is 10.8. The molecular formula is C12H26N2O2. The molecule has 0 aromatic carbocycles. The second-order valence-electron chi connectivity index (χ2n) is 4.79. The van der Waals surface area contributed by atoms with Gasteiger partial charge in [-0.1, -0.05) is 38.8 Å². The smallest absolute Gasteiger partial charge is 0.144 e. The zero-order chi connectivity index (χ0) is 12.4. The number of oxime groups is 1. The topological polar surface area (TPSA) is 67.8 Å². The highest BCUT2D eigenvalue weighted by Crippen LogP contribution is 2.22. The Bertz CT molecular complexity index is 203. The van der Waals surface area contributed by atoms with Crippen LogP contribution in [0.1, 0.15) is 52.9 Å². The summed E-state index contributed by atoms with van der Waals surface area (Å²) in [5, 5.41) is 11.7. The van der Waals surface area contributed by atoms with Crippen LogP contribution in [0.2, 0.25) is 0 Å². The average Bonchev–Trinajstić information content (AvgIpc) is 2.26. The lowest BCUT2D eigenvalue weighted by atomic mass is 9.87. The lowest BCUT2D eigenvalue weighted by Gasteiger charge is -2.22. The molecule has 0 aliphatic heterocycles. The molecule has 0 aromatic rings. The first-order valence-corrected chi connectivity index (χ1v) is 6.10. The maximum Gasteiger partial charge on any atom is 0.144 e. The van der Waals surface area contributed by atoms with Crippen molar-refractivity contribution in [2.24, 2.45) is 16.3 Å². The minimum Gasteiger partial charge on any atom is -0.409 e. The first-order valence-electron chi connectivity index (χ1n) is 6.10. The second-order valence-corrected chi connectivity index (χ2v) is 4.79. The number of hydrogen-bond donors (Lipinski definition) is 2. The molecule has 0 radical (unpaired) electrons. The minimum absolute atomic E-state index is 0.248. The summed E-state index contributed by atoms with van der Waals surface area (Å²) in [7, 11) is 0. The van der Waals surface area contributed by atoms with Gasteiger partial charge >= 0.3 is 0 Å². The lowest BCUT2D eigenvalue weighted by molar-refractivity contribution is 0.121. The number of hydrogen-bond acceptors (Lipinski definition) is 3. The Balaban J connectivity index is 3.51. The highest BCUT2D eigenvalue weighted by Gasteiger charge is 2.22. The molecule has 0 heterocycles. The molecular weight excluding hydrogens is 204 g/mol. The largest absolute Gasteiger partial charge is 0.409 e. The highest BCUT2D eigenvalue weighted by atomic mass is 16.5. The van der Waals surface area contributed by atoms with Crippen molar-refractivity contribution in [3.05, 3.63) is 0 Å². The lowest BCUT2D eigenvalue weighted by Crippen LogP contribution is -2.32. The van der Waals surface area contributed by atoms with E-state index >= 15 is 0 Å². The van der Waals surface area contributed by atoms with Gasteiger partial charge in [-0.15, -0.1) is 0 Å². The molecule has 0 saturated heterocycles. The van der Waals surface area contributed by atoms with Crippen molar-refractivity contribution in [1.29, 1.82) is 0 Å². The van der Waals surface area contributed by atoms with Gasteiger partial charge in [0, 0.05) is 18.6 Å². The Morgan fingerprint density at radius 2 is 1.88 bits per heavy atom. The zero-order valence-electron chi connectivity index (χ0n) is 10.8. The van der Waals surface area contributed by atoms with Gasteiger partial charge in [0.2, 0.25) is 0 Å². The fourth-order valence-corrected chi connectivity index (χ4v) is 1.44. The summed E-state index contributed by atoms with van der Waals surface area (Å²) in [6, 6.07) is 0. The van der Waals surface area contributed by atoms with Crippen LogP contribution < -0.4 is 5.73 Å². The molecule has 0 bridgehead atoms. The van der Waals surface area contributed by atoms with E-state index in [-0.39, 0.29) is 5.41 Å². The quantitative estimate of drug-likeness (QED) is 0.210. The van der Waals surface area contributed by atoms with Crippen molar-refractivity contribution in [2.75, 3.05) is 13.2 Å². The second kappa shape index (κ2) is 8.39. The summed E-state index contributed by atoms with van der Waals surface area (Å²) in [4.78, 5) is 0. The molecule has 4 heteroatoms. The van der Waals surface area contributed by atoms with Gasteiger partial charge in [-0.3, -0.25) is 0 Å². The van der Waals surface area contributed by atoms with E-state index in [0.717, 1.165) is 32.5 Å². The van der Waals surface area contributed by atoms with Crippen LogP contribution in [0.3, 0.4) is 0 Å². The molecule has 0 aliphatic carbocycles. The third kappa shape index (κ3) is 6.67. The fourth-order valence-electron chi connectivity index (χ4n) is 1.44. The van der Waals surface area contributed by atoms with Crippen LogP contribution in [0.25, 0.3) is 0 Å². The van der Waals surface area contributed by atoms with E-state index in [4.69, 9.17) is 15.7 Å². The first-order chi connectivity index (χ1) is 7.54. The molecule has 0 rings (SSSR count). The predicted molar refractivity (Wildman–Crippen MR) is 66.8 cm³/mol. The number of amidine groups is 1. The van der Waals surface area contributed by atoms with Crippen molar-refractivity contribution in [1.82, 2.24) is 0 Å². The third-order valence-electron chi connectivity index (χ3n) is 2.78. The van der Waals surface area contributed by atoms with Crippen molar-refractivity contribution >= 4 is 5.84 Å². The van der Waals surface area contributed by atoms with E-state index in [2.05, 4.69) is 12.1 Å². The summed E-state index contributed by atoms with van der Waals surface area (Å²) in [6.07, 6.45) is 5.40. The Morgan fingerprint density at radius 1 is 1.25 bits per heavy atom. The predicted octanol–water partition coefficient (Wildman–Crippen LogP) is 2.75. The van der Waals surface area contributed by atoms with Gasteiger partial charge in [0.25, 0.3) is 0 Å². The molecule has 3 N–H and O–H groups in total. The normalized spacial score (nSPS) is 13.1. The van der Waals surface area contributed by atoms with Gasteiger partial charge in [-0.2, -0.15) is 0 Å². The van der Waals surface area contributed by atoms with E-state index in [0.29, 0.717) is 5.84 Å². The van der Waals surface area contributed by atoms with Gasteiger partial charge in [-0.25, -0.2) is 0 Å². The minimum atomic E-state index is -0.248. The van der Waals surface area contributed by atoms with Crippen LogP contribution in [-0.4, -0.2) is 24.3 Å². The van der Waals surface area contributed by atoms with Gasteiger partial charge in [0.05, 0.1) is 0 Å². The molecule has 0 amide bonds. The SMILES string of the molecule is CCCCCOCCCC(C)(C)C(N)=NO. The van der Waals surface area contributed by atoms with Gasteiger partial charge in [-0.05, 0) is 19.3 Å². The van der Waals surface area contributed by atoms with Crippen LogP contribution >= 0.6 is 0 Å². The summed E-state index contributed by atoms with van der Waals surface area (Å²) < 4.78 is 5.50. The standard InChI is InChI=1S/C12H26N2O2/c1-4-5-6-9-16-10-7-8-12(2,3)11(13)14-15/h15H,4-10H2,1-3H3,(H2,13,14). The molecule has 0 saturated carbocycles. The van der Waals surface area contributed by atoms with Crippen LogP contribution in [0.15, 0.2) is 5.16 Å². The molecule has 0 fully saturated rings. The van der Waals surface area contributed by atoms with Gasteiger partial charge < -0.3 is 15.7 Å². The molecule has 4 nitrogen and oxygen atoms in total. The fraction of sp³-hybridized carbons (Fsp3) is 0.917. The van der Waals surface area contributed by atoms with E-state index in [9.17, 15) is 0 Å². The molecule has 0 unspecified atom stereocenters. The Morgan fingerprint density at radius 3 is 2.44 bits per heavy atom. The molecule has 0 spiro atoms. The number of nitrogens with two attached hydrogens (primary N) is 1. The number of ether oxygens (including phenoxy) is 1. The molecule has 0 atom stereocenters. The monoisotopic (exact) mass is 230 g/mol. The first kappa shape index (κ1) is 15.2. The summed E-state index contributed by atoms with van der Waals surface area (Å²) in [5.74, 6) is 0.290. The number of unbranched alkanes of at least 4 members (excludes halogenated alkanes) is 2. The van der Waals surface area contributed by atoms with Crippen LogP contribution in [0, 0.1) is 5.41 Å². The third-order valence-corrected chi connectivity index (χ3v) is 2.78. The summed E-state index contributed by atoms with van der Waals surface area (Å²) in [6.45, 7) is 7.72. The van der Waals surface area contributed by atoms with Crippen LogP contribution in [0.5, 0.6) is 0 Å². The van der Waals surface area contributed by atoms with Crippen molar-refractivity contribution < 1.29 is 9.94 Å². The molecule has 96 valence electrons. The number of rotatable bonds is 9.